The number of hydrogen-bond donors (Lipinski definition) is 2. The molecule has 0 bridgehead atoms. The number of anilines is 1. The second kappa shape index (κ2) is 5.29. The number of carboxylic acids is 1. The molecular weight excluding hydrogens is 290 g/mol. The molecule has 1 amide bonds. The average molecular weight is 299 g/mol. The first-order valence-electron chi connectivity index (χ1n) is 6.00. The molecule has 0 unspecified atom stereocenters. The minimum absolute atomic E-state index is 0.0326. The Morgan fingerprint density at radius 3 is 2.48 bits per heavy atom. The molecule has 1 aromatic heterocycles. The number of aromatic nitrogens is 2. The first kappa shape index (κ1) is 13.2. The molecule has 3 aromatic rings. The smallest absolute Gasteiger partial charge is 0.337 e. The van der Waals surface area contributed by atoms with Crippen molar-refractivity contribution < 1.29 is 14.7 Å². The number of amides is 1. The van der Waals surface area contributed by atoms with Crippen molar-refractivity contribution in [2.45, 2.75) is 0 Å². The summed E-state index contributed by atoms with van der Waals surface area (Å²) in [4.78, 5) is 23.3. The molecule has 3 rings (SSSR count). The van der Waals surface area contributed by atoms with E-state index in [0.717, 1.165) is 22.5 Å². The molecule has 0 aliphatic carbocycles. The molecule has 0 spiro atoms. The summed E-state index contributed by atoms with van der Waals surface area (Å²) < 4.78 is 7.57. The Labute approximate surface area is 123 Å². The first-order valence-corrected chi connectivity index (χ1v) is 6.73. The molecule has 2 aromatic carbocycles. The zero-order valence-corrected chi connectivity index (χ0v) is 11.4. The predicted molar refractivity (Wildman–Crippen MR) is 78.8 cm³/mol. The second-order valence-electron chi connectivity index (χ2n) is 4.30. The normalized spacial score (nSPS) is 10.5. The summed E-state index contributed by atoms with van der Waals surface area (Å²) in [6.07, 6.45) is 1.33. The Morgan fingerprint density at radius 2 is 1.86 bits per heavy atom. The number of hydrogen-bond acceptors (Lipinski definition) is 5. The van der Waals surface area contributed by atoms with Crippen molar-refractivity contribution in [3.05, 3.63) is 53.9 Å². The largest absolute Gasteiger partial charge is 0.478 e. The Hall–Kier alpha value is -2.80. The van der Waals surface area contributed by atoms with Gasteiger partial charge in [0.05, 0.1) is 29.2 Å². The number of nitrogens with one attached hydrogen (secondary N) is 1. The molecule has 1 heterocycles. The Morgan fingerprint density at radius 1 is 1.14 bits per heavy atom. The van der Waals surface area contributed by atoms with Gasteiger partial charge < -0.3 is 10.4 Å². The van der Waals surface area contributed by atoms with Gasteiger partial charge in [-0.25, -0.2) is 4.79 Å². The van der Waals surface area contributed by atoms with Crippen LogP contribution in [0, 0.1) is 0 Å². The number of aromatic carboxylic acids is 1. The van der Waals surface area contributed by atoms with Gasteiger partial charge in [0.1, 0.15) is 0 Å². The minimum Gasteiger partial charge on any atom is -0.478 e. The maximum absolute atomic E-state index is 12.0. The van der Waals surface area contributed by atoms with E-state index in [2.05, 4.69) is 14.1 Å². The van der Waals surface area contributed by atoms with Gasteiger partial charge in [-0.3, -0.25) is 4.79 Å². The highest BCUT2D eigenvalue weighted by Gasteiger charge is 2.16. The summed E-state index contributed by atoms with van der Waals surface area (Å²) in [5.74, 6) is -1.59. The quantitative estimate of drug-likeness (QED) is 0.775. The fourth-order valence-electron chi connectivity index (χ4n) is 1.97. The van der Waals surface area contributed by atoms with Gasteiger partial charge in [-0.1, -0.05) is 24.3 Å². The topological polar surface area (TPSA) is 92.2 Å². The van der Waals surface area contributed by atoms with Crippen LogP contribution in [-0.2, 0) is 0 Å². The van der Waals surface area contributed by atoms with E-state index < -0.39 is 11.9 Å². The molecule has 7 heteroatoms. The zero-order valence-electron chi connectivity index (χ0n) is 10.6. The maximum Gasteiger partial charge on any atom is 0.337 e. The van der Waals surface area contributed by atoms with E-state index in [1.165, 1.54) is 12.3 Å². The third-order valence-electron chi connectivity index (χ3n) is 2.96. The van der Waals surface area contributed by atoms with Gasteiger partial charge in [-0.2, -0.15) is 8.75 Å². The van der Waals surface area contributed by atoms with Crippen LogP contribution in [-0.4, -0.2) is 25.7 Å². The Balaban J connectivity index is 2.05. The lowest BCUT2D eigenvalue weighted by molar-refractivity contribution is 0.0698. The lowest BCUT2D eigenvalue weighted by atomic mass is 10.0. The zero-order chi connectivity index (χ0) is 14.8. The van der Waals surface area contributed by atoms with E-state index in [1.807, 2.05) is 24.3 Å². The van der Waals surface area contributed by atoms with Crippen molar-refractivity contribution in [3.63, 3.8) is 0 Å². The monoisotopic (exact) mass is 299 g/mol. The predicted octanol–water partition coefficient (Wildman–Crippen LogP) is 2.64. The summed E-state index contributed by atoms with van der Waals surface area (Å²) in [6, 6.07) is 10.5. The molecule has 21 heavy (non-hydrogen) atoms. The van der Waals surface area contributed by atoms with Gasteiger partial charge in [0.25, 0.3) is 5.91 Å². The third-order valence-corrected chi connectivity index (χ3v) is 3.44. The number of carboxylic acid groups (broad SMARTS) is 1. The van der Waals surface area contributed by atoms with E-state index in [-0.39, 0.29) is 16.9 Å². The molecule has 0 radical (unpaired) electrons. The fraction of sp³-hybridized carbons (Fsp3) is 0. The van der Waals surface area contributed by atoms with Crippen molar-refractivity contribution in [1.82, 2.24) is 8.75 Å². The molecule has 6 nitrogen and oxygen atoms in total. The molecule has 0 aliphatic heterocycles. The van der Waals surface area contributed by atoms with Gasteiger partial charge in [-0.05, 0) is 22.9 Å². The number of benzene rings is 2. The lowest BCUT2D eigenvalue weighted by Gasteiger charge is -2.09. The van der Waals surface area contributed by atoms with Gasteiger partial charge in [0, 0.05) is 0 Å². The van der Waals surface area contributed by atoms with Crippen molar-refractivity contribution in [2.75, 3.05) is 5.32 Å². The van der Waals surface area contributed by atoms with Crippen LogP contribution in [0.4, 0.5) is 5.69 Å². The molecule has 0 aliphatic rings. The summed E-state index contributed by atoms with van der Waals surface area (Å²) in [6.45, 7) is 0. The molecule has 104 valence electrons. The van der Waals surface area contributed by atoms with Crippen LogP contribution in [0.15, 0.2) is 42.6 Å². The highest BCUT2D eigenvalue weighted by molar-refractivity contribution is 6.99. The van der Waals surface area contributed by atoms with Gasteiger partial charge in [0.2, 0.25) is 0 Å². The maximum atomic E-state index is 12.0. The third kappa shape index (κ3) is 2.59. The number of fused-ring (bicyclic) bond motifs is 1. The first-order chi connectivity index (χ1) is 10.1. The second-order valence-corrected chi connectivity index (χ2v) is 4.85. The van der Waals surface area contributed by atoms with E-state index in [1.54, 1.807) is 6.07 Å². The van der Waals surface area contributed by atoms with Crippen molar-refractivity contribution in [3.8, 4) is 0 Å². The van der Waals surface area contributed by atoms with Crippen LogP contribution in [0.5, 0.6) is 0 Å². The van der Waals surface area contributed by atoms with E-state index in [4.69, 9.17) is 0 Å². The van der Waals surface area contributed by atoms with Crippen LogP contribution >= 0.6 is 11.7 Å². The van der Waals surface area contributed by atoms with E-state index in [0.29, 0.717) is 0 Å². The van der Waals surface area contributed by atoms with E-state index in [9.17, 15) is 14.7 Å². The standard InChI is InChI=1S/C14H9N3O3S/c18-13(12-7-15-21-17-12)16-11-6-9-4-2-1-3-8(9)5-10(11)14(19)20/h1-7H,(H,16,18)(H,19,20). The van der Waals surface area contributed by atoms with Gasteiger partial charge in [0.15, 0.2) is 5.69 Å². The highest BCUT2D eigenvalue weighted by atomic mass is 32.1. The summed E-state index contributed by atoms with van der Waals surface area (Å²) in [7, 11) is 0. The SMILES string of the molecule is O=C(Nc1cc2ccccc2cc1C(=O)O)c1cnsn1. The lowest BCUT2D eigenvalue weighted by Crippen LogP contribution is -2.15. The number of carbonyl (C=O) groups excluding carboxylic acids is 1. The minimum atomic E-state index is -1.10. The Kier molecular flexibility index (Phi) is 3.33. The Bertz CT molecular complexity index is 831. The highest BCUT2D eigenvalue weighted by Crippen LogP contribution is 2.24. The average Bonchev–Trinajstić information content (AvgIpc) is 3.00. The van der Waals surface area contributed by atoms with Crippen molar-refractivity contribution >= 4 is 40.1 Å². The molecule has 0 fully saturated rings. The van der Waals surface area contributed by atoms with Crippen LogP contribution in [0.1, 0.15) is 20.8 Å². The van der Waals surface area contributed by atoms with Crippen LogP contribution < -0.4 is 5.32 Å². The number of rotatable bonds is 3. The van der Waals surface area contributed by atoms with Gasteiger partial charge in [-0.15, -0.1) is 0 Å². The number of carbonyl (C=O) groups is 2. The summed E-state index contributed by atoms with van der Waals surface area (Å²) in [5.41, 5.74) is 0.425. The molecule has 2 N–H and O–H groups in total. The fourth-order valence-corrected chi connectivity index (χ4v) is 2.38. The van der Waals surface area contributed by atoms with Crippen LogP contribution in [0.3, 0.4) is 0 Å². The molecule has 0 saturated carbocycles. The number of nitrogens with zero attached hydrogens (tertiary/aromatic N) is 2. The molecular formula is C14H9N3O3S. The molecule has 0 saturated heterocycles. The van der Waals surface area contributed by atoms with Crippen molar-refractivity contribution in [2.24, 2.45) is 0 Å². The summed E-state index contributed by atoms with van der Waals surface area (Å²) >= 11 is 0.914. The van der Waals surface area contributed by atoms with Crippen LogP contribution in [0.2, 0.25) is 0 Å². The molecule has 0 atom stereocenters. The van der Waals surface area contributed by atoms with Crippen molar-refractivity contribution in [1.29, 1.82) is 0 Å². The van der Waals surface area contributed by atoms with E-state index >= 15 is 0 Å². The van der Waals surface area contributed by atoms with Crippen LogP contribution in [0.25, 0.3) is 10.8 Å². The van der Waals surface area contributed by atoms with Gasteiger partial charge >= 0.3 is 5.97 Å². The summed E-state index contributed by atoms with van der Waals surface area (Å²) in [5, 5.41) is 13.5.